The van der Waals surface area contributed by atoms with Crippen LogP contribution in [0.5, 0.6) is 0 Å². The first-order valence-electron chi connectivity index (χ1n) is 6.66. The molecule has 4 heteroatoms. The second kappa shape index (κ2) is 6.84. The number of rotatable bonds is 5. The van der Waals surface area contributed by atoms with Gasteiger partial charge < -0.3 is 0 Å². The second-order valence-corrected chi connectivity index (χ2v) is 5.12. The molecule has 1 unspecified atom stereocenters. The maximum absolute atomic E-state index is 13.6. The largest absolute Gasteiger partial charge is 0.271 e. The van der Waals surface area contributed by atoms with Gasteiger partial charge in [-0.25, -0.2) is 9.82 Å². The Hall–Kier alpha value is -1.42. The third kappa shape index (κ3) is 3.18. The van der Waals surface area contributed by atoms with E-state index in [1.807, 2.05) is 12.1 Å². The van der Waals surface area contributed by atoms with Gasteiger partial charge in [0.1, 0.15) is 5.82 Å². The maximum Gasteiger partial charge on any atom is 0.142 e. The zero-order chi connectivity index (χ0) is 14.5. The van der Waals surface area contributed by atoms with Gasteiger partial charge in [-0.3, -0.25) is 5.84 Å². The molecule has 0 amide bonds. The molecule has 0 aromatic heterocycles. The molecule has 20 heavy (non-hydrogen) atoms. The average molecular weight is 293 g/mol. The lowest BCUT2D eigenvalue weighted by molar-refractivity contribution is 0.605. The standard InChI is InChI=1S/C16H18ClFN2/c1-2-5-11-6-3-7-12(10-11)16(20-19)13-8-4-9-14(18)15(13)17/h3-4,6-10,16,20H,2,5,19H2,1H3. The highest BCUT2D eigenvalue weighted by Crippen LogP contribution is 2.30. The van der Waals surface area contributed by atoms with E-state index in [1.54, 1.807) is 12.1 Å². The van der Waals surface area contributed by atoms with Crippen molar-refractivity contribution in [1.29, 1.82) is 0 Å². The summed E-state index contributed by atoms with van der Waals surface area (Å²) in [7, 11) is 0. The van der Waals surface area contributed by atoms with Gasteiger partial charge in [-0.1, -0.05) is 61.3 Å². The smallest absolute Gasteiger partial charge is 0.142 e. The van der Waals surface area contributed by atoms with Gasteiger partial charge in [-0.15, -0.1) is 0 Å². The molecular weight excluding hydrogens is 275 g/mol. The van der Waals surface area contributed by atoms with Crippen LogP contribution in [-0.4, -0.2) is 0 Å². The van der Waals surface area contributed by atoms with E-state index in [0.29, 0.717) is 5.56 Å². The molecule has 0 aliphatic heterocycles. The average Bonchev–Trinajstić information content (AvgIpc) is 2.45. The van der Waals surface area contributed by atoms with Gasteiger partial charge in [0.05, 0.1) is 11.1 Å². The molecule has 106 valence electrons. The molecular formula is C16H18ClFN2. The highest BCUT2D eigenvalue weighted by molar-refractivity contribution is 6.31. The number of nitrogens with one attached hydrogen (secondary N) is 1. The van der Waals surface area contributed by atoms with Gasteiger partial charge in [-0.05, 0) is 29.2 Å². The number of nitrogens with two attached hydrogens (primary N) is 1. The molecule has 3 N–H and O–H groups in total. The van der Waals surface area contributed by atoms with E-state index >= 15 is 0 Å². The van der Waals surface area contributed by atoms with Crippen LogP contribution in [0.3, 0.4) is 0 Å². The normalized spacial score (nSPS) is 12.4. The Kier molecular flexibility index (Phi) is 5.12. The first-order valence-corrected chi connectivity index (χ1v) is 7.04. The first-order chi connectivity index (χ1) is 9.67. The van der Waals surface area contributed by atoms with Crippen molar-refractivity contribution in [3.05, 3.63) is 70.0 Å². The number of hydrogen-bond donors (Lipinski definition) is 2. The predicted octanol–water partition coefficient (Wildman–Crippen LogP) is 3.98. The third-order valence-corrected chi connectivity index (χ3v) is 3.68. The molecule has 0 aliphatic carbocycles. The first kappa shape index (κ1) is 15.0. The zero-order valence-electron chi connectivity index (χ0n) is 11.4. The van der Waals surface area contributed by atoms with Crippen molar-refractivity contribution in [1.82, 2.24) is 5.43 Å². The molecule has 0 aliphatic rings. The molecule has 2 aromatic rings. The summed E-state index contributed by atoms with van der Waals surface area (Å²) >= 11 is 6.05. The summed E-state index contributed by atoms with van der Waals surface area (Å²) < 4.78 is 13.6. The van der Waals surface area contributed by atoms with E-state index in [-0.39, 0.29) is 11.1 Å². The van der Waals surface area contributed by atoms with Gasteiger partial charge in [0.25, 0.3) is 0 Å². The number of hydrazine groups is 1. The highest BCUT2D eigenvalue weighted by Gasteiger charge is 2.17. The van der Waals surface area contributed by atoms with Crippen molar-refractivity contribution in [3.63, 3.8) is 0 Å². The van der Waals surface area contributed by atoms with Crippen LogP contribution in [0, 0.1) is 5.82 Å². The highest BCUT2D eigenvalue weighted by atomic mass is 35.5. The number of benzene rings is 2. The Morgan fingerprint density at radius 2 is 2.00 bits per heavy atom. The minimum atomic E-state index is -0.436. The Morgan fingerprint density at radius 3 is 2.70 bits per heavy atom. The van der Waals surface area contributed by atoms with Crippen molar-refractivity contribution in [3.8, 4) is 0 Å². The maximum atomic E-state index is 13.6. The van der Waals surface area contributed by atoms with Crippen LogP contribution in [0.2, 0.25) is 5.02 Å². The number of hydrogen-bond acceptors (Lipinski definition) is 2. The second-order valence-electron chi connectivity index (χ2n) is 4.74. The Balaban J connectivity index is 2.41. The summed E-state index contributed by atoms with van der Waals surface area (Å²) in [6.45, 7) is 2.13. The fraction of sp³-hybridized carbons (Fsp3) is 0.250. The molecule has 2 rings (SSSR count). The van der Waals surface area contributed by atoms with E-state index < -0.39 is 5.82 Å². The summed E-state index contributed by atoms with van der Waals surface area (Å²) in [6.07, 6.45) is 2.08. The van der Waals surface area contributed by atoms with Gasteiger partial charge in [0, 0.05) is 0 Å². The summed E-state index contributed by atoms with van der Waals surface area (Å²) in [5.74, 6) is 5.21. The molecule has 0 heterocycles. The molecule has 0 saturated carbocycles. The summed E-state index contributed by atoms with van der Waals surface area (Å²) in [6, 6.07) is 12.5. The minimum Gasteiger partial charge on any atom is -0.271 e. The fourth-order valence-corrected chi connectivity index (χ4v) is 2.56. The molecule has 0 saturated heterocycles. The molecule has 0 spiro atoms. The van der Waals surface area contributed by atoms with Gasteiger partial charge in [0.15, 0.2) is 0 Å². The lowest BCUT2D eigenvalue weighted by Crippen LogP contribution is -2.29. The topological polar surface area (TPSA) is 38.0 Å². The van der Waals surface area contributed by atoms with Crippen LogP contribution >= 0.6 is 11.6 Å². The summed E-state index contributed by atoms with van der Waals surface area (Å²) in [5, 5.41) is 0.108. The van der Waals surface area contributed by atoms with Crippen LogP contribution in [0.15, 0.2) is 42.5 Å². The molecule has 2 nitrogen and oxygen atoms in total. The van der Waals surface area contributed by atoms with E-state index in [1.165, 1.54) is 11.6 Å². The van der Waals surface area contributed by atoms with Gasteiger partial charge >= 0.3 is 0 Å². The van der Waals surface area contributed by atoms with Crippen LogP contribution in [0.25, 0.3) is 0 Å². The lowest BCUT2D eigenvalue weighted by Gasteiger charge is -2.19. The van der Waals surface area contributed by atoms with Crippen LogP contribution in [0.4, 0.5) is 4.39 Å². The van der Waals surface area contributed by atoms with Crippen molar-refractivity contribution in [2.75, 3.05) is 0 Å². The SMILES string of the molecule is CCCc1cccc(C(NN)c2cccc(F)c2Cl)c1. The molecule has 1 atom stereocenters. The van der Waals surface area contributed by atoms with E-state index in [2.05, 4.69) is 24.5 Å². The van der Waals surface area contributed by atoms with Crippen LogP contribution in [-0.2, 0) is 6.42 Å². The summed E-state index contributed by atoms with van der Waals surface area (Å²) in [4.78, 5) is 0. The van der Waals surface area contributed by atoms with E-state index in [0.717, 1.165) is 18.4 Å². The third-order valence-electron chi connectivity index (χ3n) is 3.28. The van der Waals surface area contributed by atoms with Crippen molar-refractivity contribution < 1.29 is 4.39 Å². The quantitative estimate of drug-likeness (QED) is 0.646. The minimum absolute atomic E-state index is 0.108. The molecule has 0 fully saturated rings. The van der Waals surface area contributed by atoms with Crippen molar-refractivity contribution >= 4 is 11.6 Å². The molecule has 0 radical (unpaired) electrons. The van der Waals surface area contributed by atoms with E-state index in [4.69, 9.17) is 17.4 Å². The predicted molar refractivity (Wildman–Crippen MR) is 81.0 cm³/mol. The lowest BCUT2D eigenvalue weighted by atomic mass is 9.96. The van der Waals surface area contributed by atoms with Gasteiger partial charge in [0.2, 0.25) is 0 Å². The van der Waals surface area contributed by atoms with Crippen LogP contribution in [0.1, 0.15) is 36.1 Å². The van der Waals surface area contributed by atoms with Gasteiger partial charge in [-0.2, -0.15) is 0 Å². The molecule has 0 bridgehead atoms. The molecule has 2 aromatic carbocycles. The van der Waals surface area contributed by atoms with Crippen molar-refractivity contribution in [2.45, 2.75) is 25.8 Å². The Labute approximate surface area is 123 Å². The monoisotopic (exact) mass is 292 g/mol. The Morgan fingerprint density at radius 1 is 1.25 bits per heavy atom. The number of aryl methyl sites for hydroxylation is 1. The van der Waals surface area contributed by atoms with Crippen LogP contribution < -0.4 is 11.3 Å². The fourth-order valence-electron chi connectivity index (χ4n) is 2.33. The summed E-state index contributed by atoms with van der Waals surface area (Å²) in [5.41, 5.74) is 5.57. The van der Waals surface area contributed by atoms with Crippen molar-refractivity contribution in [2.24, 2.45) is 5.84 Å². The van der Waals surface area contributed by atoms with E-state index in [9.17, 15) is 4.39 Å². The Bertz CT molecular complexity index is 586. The zero-order valence-corrected chi connectivity index (χ0v) is 12.1. The number of halogens is 2.